The van der Waals surface area contributed by atoms with Gasteiger partial charge in [-0.3, -0.25) is 9.78 Å². The maximum Gasteiger partial charge on any atom is 0.416 e. The second kappa shape index (κ2) is 8.96. The van der Waals surface area contributed by atoms with E-state index in [0.717, 1.165) is 12.1 Å². The molecule has 0 saturated carbocycles. The van der Waals surface area contributed by atoms with Gasteiger partial charge in [0.25, 0.3) is 5.91 Å². The van der Waals surface area contributed by atoms with E-state index in [4.69, 9.17) is 9.47 Å². The number of anilines is 1. The van der Waals surface area contributed by atoms with Gasteiger partial charge in [-0.05, 0) is 49.4 Å². The summed E-state index contributed by atoms with van der Waals surface area (Å²) in [4.78, 5) is 16.9. The van der Waals surface area contributed by atoms with Gasteiger partial charge >= 0.3 is 6.18 Å². The van der Waals surface area contributed by atoms with Crippen molar-refractivity contribution in [3.63, 3.8) is 0 Å². The molecule has 1 aromatic heterocycles. The van der Waals surface area contributed by atoms with Gasteiger partial charge in [0.1, 0.15) is 11.5 Å². The number of alkyl halides is 3. The zero-order valence-electron chi connectivity index (χ0n) is 16.3. The van der Waals surface area contributed by atoms with Gasteiger partial charge in [-0.15, -0.1) is 0 Å². The molecule has 0 atom stereocenters. The first kappa shape index (κ1) is 21.3. The smallest absolute Gasteiger partial charge is 0.416 e. The van der Waals surface area contributed by atoms with E-state index >= 15 is 0 Å². The number of hydrogen-bond donors (Lipinski definition) is 1. The second-order valence-corrected chi connectivity index (χ2v) is 6.48. The van der Waals surface area contributed by atoms with Crippen molar-refractivity contribution >= 4 is 11.6 Å². The number of carbonyl (C=O) groups excluding carboxylic acids is 1. The Morgan fingerprint density at radius 1 is 1.03 bits per heavy atom. The summed E-state index contributed by atoms with van der Waals surface area (Å²) in [5.74, 6) is -0.0281. The van der Waals surface area contributed by atoms with Crippen molar-refractivity contribution in [2.24, 2.45) is 0 Å². The van der Waals surface area contributed by atoms with Crippen LogP contribution in [-0.4, -0.2) is 18.0 Å². The number of aromatic nitrogens is 1. The Hall–Kier alpha value is -3.39. The molecule has 0 spiro atoms. The Bertz CT molecular complexity index is 1050. The number of rotatable bonds is 6. The molecule has 0 aliphatic carbocycles. The van der Waals surface area contributed by atoms with Crippen LogP contribution < -0.4 is 10.1 Å². The molecular formula is C22H19F3N2O3. The van der Waals surface area contributed by atoms with Crippen molar-refractivity contribution in [1.82, 2.24) is 4.98 Å². The monoisotopic (exact) mass is 416 g/mol. The number of ether oxygens (including phenoxy) is 2. The van der Waals surface area contributed by atoms with Gasteiger partial charge in [0.05, 0.1) is 29.1 Å². The molecule has 3 aromatic rings. The van der Waals surface area contributed by atoms with E-state index in [2.05, 4.69) is 10.3 Å². The number of nitrogens with one attached hydrogen (secondary N) is 1. The zero-order chi connectivity index (χ0) is 21.7. The van der Waals surface area contributed by atoms with Crippen molar-refractivity contribution in [2.75, 3.05) is 12.4 Å². The molecule has 156 valence electrons. The Balaban J connectivity index is 1.74. The topological polar surface area (TPSA) is 60.5 Å². The molecule has 1 heterocycles. The zero-order valence-corrected chi connectivity index (χ0v) is 16.3. The van der Waals surface area contributed by atoms with E-state index in [1.54, 1.807) is 44.4 Å². The molecule has 0 unspecified atom stereocenters. The summed E-state index contributed by atoms with van der Waals surface area (Å²) in [7, 11) is 1.56. The summed E-state index contributed by atoms with van der Waals surface area (Å²) < 4.78 is 49.1. The van der Waals surface area contributed by atoms with E-state index in [-0.39, 0.29) is 17.4 Å². The van der Waals surface area contributed by atoms with Crippen molar-refractivity contribution in [3.8, 4) is 11.5 Å². The second-order valence-electron chi connectivity index (χ2n) is 6.48. The van der Waals surface area contributed by atoms with Gasteiger partial charge in [0.2, 0.25) is 0 Å². The Morgan fingerprint density at radius 2 is 1.73 bits per heavy atom. The fourth-order valence-corrected chi connectivity index (χ4v) is 2.79. The fourth-order valence-electron chi connectivity index (χ4n) is 2.79. The minimum absolute atomic E-state index is 0.0436. The largest absolute Gasteiger partial charge is 0.457 e. The first-order chi connectivity index (χ1) is 14.3. The maximum absolute atomic E-state index is 12.9. The lowest BCUT2D eigenvalue weighted by Crippen LogP contribution is -2.14. The highest BCUT2D eigenvalue weighted by Crippen LogP contribution is 2.33. The van der Waals surface area contributed by atoms with Gasteiger partial charge in [-0.2, -0.15) is 13.2 Å². The number of benzene rings is 2. The van der Waals surface area contributed by atoms with Gasteiger partial charge in [-0.1, -0.05) is 12.1 Å². The summed E-state index contributed by atoms with van der Waals surface area (Å²) in [6.45, 7) is 2.07. The Morgan fingerprint density at radius 3 is 2.40 bits per heavy atom. The molecule has 0 aliphatic heterocycles. The maximum atomic E-state index is 12.9. The van der Waals surface area contributed by atoms with Gasteiger partial charge in [0.15, 0.2) is 0 Å². The third kappa shape index (κ3) is 5.36. The average molecular weight is 416 g/mol. The van der Waals surface area contributed by atoms with Crippen LogP contribution in [0.2, 0.25) is 0 Å². The number of carbonyl (C=O) groups is 1. The highest BCUT2D eigenvalue weighted by molar-refractivity contribution is 6.05. The summed E-state index contributed by atoms with van der Waals surface area (Å²) in [5, 5.41) is 2.74. The molecule has 8 heteroatoms. The number of halogens is 3. The van der Waals surface area contributed by atoms with Crippen LogP contribution in [-0.2, 0) is 17.5 Å². The molecule has 0 bridgehead atoms. The van der Waals surface area contributed by atoms with Crippen LogP contribution in [0, 0.1) is 6.92 Å². The number of nitrogens with zero attached hydrogens (tertiary/aromatic N) is 1. The SMILES string of the molecule is COCc1ccc(C(=O)Nc2cccc(Oc3cccc(C(F)(F)F)c3)c2)c(C)n1. The molecule has 1 amide bonds. The minimum Gasteiger partial charge on any atom is -0.457 e. The number of aryl methyl sites for hydroxylation is 1. The molecule has 2 aromatic carbocycles. The number of pyridine rings is 1. The van der Waals surface area contributed by atoms with Crippen LogP contribution >= 0.6 is 0 Å². The summed E-state index contributed by atoms with van der Waals surface area (Å²) in [6.07, 6.45) is -4.46. The normalized spacial score (nSPS) is 11.2. The van der Waals surface area contributed by atoms with Gasteiger partial charge < -0.3 is 14.8 Å². The van der Waals surface area contributed by atoms with Crippen LogP contribution in [0.1, 0.15) is 27.3 Å². The molecule has 30 heavy (non-hydrogen) atoms. The Labute approximate surface area is 171 Å². The van der Waals surface area contributed by atoms with E-state index in [1.807, 2.05) is 0 Å². The van der Waals surface area contributed by atoms with E-state index < -0.39 is 11.7 Å². The third-order valence-electron chi connectivity index (χ3n) is 4.17. The quantitative estimate of drug-likeness (QED) is 0.568. The molecule has 0 radical (unpaired) electrons. The standard InChI is InChI=1S/C22H19F3N2O3/c1-14-20(10-9-17(26-14)13-29-2)21(28)27-16-6-4-8-19(12-16)30-18-7-3-5-15(11-18)22(23,24)25/h3-12H,13H2,1-2H3,(H,27,28). The van der Waals surface area contributed by atoms with E-state index in [1.165, 1.54) is 18.2 Å². The molecule has 3 rings (SSSR count). The highest BCUT2D eigenvalue weighted by Gasteiger charge is 2.30. The van der Waals surface area contributed by atoms with Gasteiger partial charge in [-0.25, -0.2) is 0 Å². The summed E-state index contributed by atoms with van der Waals surface area (Å²) in [6, 6.07) is 14.4. The van der Waals surface area contributed by atoms with E-state index in [9.17, 15) is 18.0 Å². The fraction of sp³-hybridized carbons (Fsp3) is 0.182. The van der Waals surface area contributed by atoms with E-state index in [0.29, 0.717) is 29.2 Å². The predicted molar refractivity (Wildman–Crippen MR) is 106 cm³/mol. The number of amides is 1. The minimum atomic E-state index is -4.46. The predicted octanol–water partition coefficient (Wildman–Crippen LogP) is 5.60. The average Bonchev–Trinajstić information content (AvgIpc) is 2.68. The lowest BCUT2D eigenvalue weighted by Gasteiger charge is -2.12. The third-order valence-corrected chi connectivity index (χ3v) is 4.17. The first-order valence-corrected chi connectivity index (χ1v) is 8.98. The van der Waals surface area contributed by atoms with Crippen LogP contribution in [0.15, 0.2) is 60.7 Å². The molecule has 0 aliphatic rings. The van der Waals surface area contributed by atoms with Gasteiger partial charge in [0, 0.05) is 18.9 Å². The number of methoxy groups -OCH3 is 1. The summed E-state index contributed by atoms with van der Waals surface area (Å²) >= 11 is 0. The molecule has 0 fully saturated rings. The van der Waals surface area contributed by atoms with Crippen LogP contribution in [0.25, 0.3) is 0 Å². The van der Waals surface area contributed by atoms with Crippen LogP contribution in [0.3, 0.4) is 0 Å². The van der Waals surface area contributed by atoms with Crippen molar-refractivity contribution in [2.45, 2.75) is 19.7 Å². The van der Waals surface area contributed by atoms with Crippen LogP contribution in [0.4, 0.5) is 18.9 Å². The lowest BCUT2D eigenvalue weighted by molar-refractivity contribution is -0.137. The number of hydrogen-bond acceptors (Lipinski definition) is 4. The van der Waals surface area contributed by atoms with Crippen molar-refractivity contribution in [1.29, 1.82) is 0 Å². The first-order valence-electron chi connectivity index (χ1n) is 8.98. The van der Waals surface area contributed by atoms with Crippen molar-refractivity contribution in [3.05, 3.63) is 83.2 Å². The summed E-state index contributed by atoms with van der Waals surface area (Å²) in [5.41, 5.74) is 1.30. The Kier molecular flexibility index (Phi) is 6.37. The molecule has 1 N–H and O–H groups in total. The highest BCUT2D eigenvalue weighted by atomic mass is 19.4. The molecule has 0 saturated heterocycles. The van der Waals surface area contributed by atoms with Crippen LogP contribution in [0.5, 0.6) is 11.5 Å². The molecular weight excluding hydrogens is 397 g/mol. The van der Waals surface area contributed by atoms with Crippen molar-refractivity contribution < 1.29 is 27.4 Å². The lowest BCUT2D eigenvalue weighted by atomic mass is 10.1. The molecule has 5 nitrogen and oxygen atoms in total.